The van der Waals surface area contributed by atoms with E-state index in [0.717, 1.165) is 6.42 Å². The molecule has 0 heterocycles. The minimum Gasteiger partial charge on any atom is -0.489 e. The van der Waals surface area contributed by atoms with Crippen LogP contribution in [0.1, 0.15) is 30.6 Å². The van der Waals surface area contributed by atoms with E-state index in [-0.39, 0.29) is 28.0 Å². The van der Waals surface area contributed by atoms with Crippen molar-refractivity contribution in [2.75, 3.05) is 19.8 Å². The highest BCUT2D eigenvalue weighted by atomic mass is 35.5. The molecule has 1 aromatic rings. The molecule has 0 amide bonds. The second-order valence-electron chi connectivity index (χ2n) is 4.71. The van der Waals surface area contributed by atoms with Gasteiger partial charge in [-0.1, -0.05) is 37.0 Å². The summed E-state index contributed by atoms with van der Waals surface area (Å²) in [4.78, 5) is 11.1. The van der Waals surface area contributed by atoms with E-state index in [1.54, 1.807) is 0 Å². The third-order valence-electron chi connectivity index (χ3n) is 2.55. The average Bonchev–Trinajstić information content (AvgIpc) is 2.34. The smallest absolute Gasteiger partial charge is 0.339 e. The van der Waals surface area contributed by atoms with Gasteiger partial charge in [-0.15, -0.1) is 0 Å². The zero-order valence-electron chi connectivity index (χ0n) is 11.5. The molecule has 0 bridgehead atoms. The van der Waals surface area contributed by atoms with E-state index in [1.807, 2.05) is 0 Å². The van der Waals surface area contributed by atoms with Crippen LogP contribution in [-0.2, 0) is 4.74 Å². The lowest BCUT2D eigenvalue weighted by Crippen LogP contribution is -2.11. The van der Waals surface area contributed by atoms with Crippen LogP contribution in [0.5, 0.6) is 5.75 Å². The zero-order chi connectivity index (χ0) is 15.1. The Labute approximate surface area is 128 Å². The third-order valence-corrected chi connectivity index (χ3v) is 3.05. The number of aromatic carboxylic acids is 1. The molecule has 0 atom stereocenters. The van der Waals surface area contributed by atoms with Gasteiger partial charge in [-0.05, 0) is 24.5 Å². The monoisotopic (exact) mass is 320 g/mol. The second kappa shape index (κ2) is 8.35. The van der Waals surface area contributed by atoms with Gasteiger partial charge in [0.2, 0.25) is 0 Å². The fourth-order valence-electron chi connectivity index (χ4n) is 1.49. The number of ether oxygens (including phenoxy) is 2. The first-order valence-corrected chi connectivity index (χ1v) is 7.10. The molecule has 0 spiro atoms. The first-order valence-electron chi connectivity index (χ1n) is 6.34. The summed E-state index contributed by atoms with van der Waals surface area (Å²) in [5.41, 5.74) is -0.0512. The Bertz CT molecular complexity index is 461. The predicted molar refractivity (Wildman–Crippen MR) is 79.2 cm³/mol. The molecular formula is C14H18Cl2O4. The van der Waals surface area contributed by atoms with Gasteiger partial charge in [0.15, 0.2) is 5.75 Å². The quantitative estimate of drug-likeness (QED) is 0.731. The Kier molecular flexibility index (Phi) is 7.13. The highest BCUT2D eigenvalue weighted by Crippen LogP contribution is 2.32. The molecule has 0 fully saturated rings. The predicted octanol–water partition coefficient (Wildman–Crippen LogP) is 4.13. The second-order valence-corrected chi connectivity index (χ2v) is 5.56. The summed E-state index contributed by atoms with van der Waals surface area (Å²) in [5.74, 6) is -0.429. The van der Waals surface area contributed by atoms with Crippen LogP contribution in [0, 0.1) is 5.92 Å². The van der Waals surface area contributed by atoms with Crippen LogP contribution in [0.2, 0.25) is 10.0 Å². The Balaban J connectivity index is 2.53. The Morgan fingerprint density at radius 3 is 2.55 bits per heavy atom. The number of rotatable bonds is 8. The summed E-state index contributed by atoms with van der Waals surface area (Å²) in [5, 5.41) is 9.52. The topological polar surface area (TPSA) is 55.8 Å². The minimum absolute atomic E-state index is 0.0512. The lowest BCUT2D eigenvalue weighted by atomic mass is 10.1. The number of hydrogen-bond acceptors (Lipinski definition) is 3. The number of benzene rings is 1. The molecule has 0 unspecified atom stereocenters. The molecule has 0 aliphatic heterocycles. The Hall–Kier alpha value is -0.970. The number of carbonyl (C=O) groups is 1. The summed E-state index contributed by atoms with van der Waals surface area (Å²) in [7, 11) is 0. The van der Waals surface area contributed by atoms with E-state index in [4.69, 9.17) is 37.8 Å². The fourth-order valence-corrected chi connectivity index (χ4v) is 2.04. The van der Waals surface area contributed by atoms with Crippen molar-refractivity contribution in [3.63, 3.8) is 0 Å². The molecule has 0 saturated carbocycles. The summed E-state index contributed by atoms with van der Waals surface area (Å²) >= 11 is 11.7. The highest BCUT2D eigenvalue weighted by Gasteiger charge is 2.16. The molecule has 6 heteroatoms. The molecule has 112 valence electrons. The fraction of sp³-hybridized carbons (Fsp3) is 0.500. The molecule has 20 heavy (non-hydrogen) atoms. The molecule has 0 radical (unpaired) electrons. The van der Waals surface area contributed by atoms with Gasteiger partial charge in [0.1, 0.15) is 12.2 Å². The summed E-state index contributed by atoms with van der Waals surface area (Å²) in [6.45, 7) is 5.50. The largest absolute Gasteiger partial charge is 0.489 e. The molecule has 1 N–H and O–H groups in total. The van der Waals surface area contributed by atoms with E-state index in [0.29, 0.717) is 19.1 Å². The number of carboxylic acids is 1. The van der Waals surface area contributed by atoms with Gasteiger partial charge >= 0.3 is 5.97 Å². The van der Waals surface area contributed by atoms with Crippen molar-refractivity contribution in [2.24, 2.45) is 5.92 Å². The first kappa shape index (κ1) is 17.1. The Morgan fingerprint density at radius 2 is 1.95 bits per heavy atom. The molecule has 0 aliphatic rings. The van der Waals surface area contributed by atoms with Gasteiger partial charge in [-0.3, -0.25) is 0 Å². The highest BCUT2D eigenvalue weighted by molar-refractivity contribution is 6.36. The van der Waals surface area contributed by atoms with Crippen LogP contribution in [0.15, 0.2) is 12.1 Å². The third kappa shape index (κ3) is 5.57. The van der Waals surface area contributed by atoms with Crippen molar-refractivity contribution in [1.29, 1.82) is 0 Å². The van der Waals surface area contributed by atoms with Gasteiger partial charge in [0.05, 0.1) is 11.6 Å². The van der Waals surface area contributed by atoms with E-state index < -0.39 is 5.97 Å². The molecule has 1 aromatic carbocycles. The SMILES string of the molecule is CC(C)CCOCCOc1c(Cl)cc(Cl)cc1C(=O)O. The molecule has 0 saturated heterocycles. The van der Waals surface area contributed by atoms with Crippen LogP contribution in [0.4, 0.5) is 0 Å². The molecule has 4 nitrogen and oxygen atoms in total. The van der Waals surface area contributed by atoms with Gasteiger partial charge in [-0.25, -0.2) is 4.79 Å². The maximum absolute atomic E-state index is 11.1. The van der Waals surface area contributed by atoms with Crippen molar-refractivity contribution in [1.82, 2.24) is 0 Å². The Morgan fingerprint density at radius 1 is 1.25 bits per heavy atom. The summed E-state index contributed by atoms with van der Waals surface area (Å²) in [6, 6.07) is 2.76. The molecule has 0 aliphatic carbocycles. The van der Waals surface area contributed by atoms with E-state index in [2.05, 4.69) is 13.8 Å². The summed E-state index contributed by atoms with van der Waals surface area (Å²) in [6.07, 6.45) is 0.974. The van der Waals surface area contributed by atoms with Crippen LogP contribution >= 0.6 is 23.2 Å². The van der Waals surface area contributed by atoms with Gasteiger partial charge in [0.25, 0.3) is 0 Å². The molecule has 0 aromatic heterocycles. The minimum atomic E-state index is -1.13. The number of halogens is 2. The van der Waals surface area contributed by atoms with Crippen LogP contribution in [0.25, 0.3) is 0 Å². The normalized spacial score (nSPS) is 10.8. The van der Waals surface area contributed by atoms with E-state index in [1.165, 1.54) is 12.1 Å². The van der Waals surface area contributed by atoms with Crippen molar-refractivity contribution in [2.45, 2.75) is 20.3 Å². The summed E-state index contributed by atoms with van der Waals surface area (Å²) < 4.78 is 10.8. The van der Waals surface area contributed by atoms with Crippen molar-refractivity contribution in [3.05, 3.63) is 27.7 Å². The van der Waals surface area contributed by atoms with Crippen LogP contribution in [-0.4, -0.2) is 30.9 Å². The van der Waals surface area contributed by atoms with Crippen molar-refractivity contribution in [3.8, 4) is 5.75 Å². The van der Waals surface area contributed by atoms with Crippen LogP contribution < -0.4 is 4.74 Å². The number of hydrogen-bond donors (Lipinski definition) is 1. The standard InChI is InChI=1S/C14H18Cl2O4/c1-9(2)3-4-19-5-6-20-13-11(14(17)18)7-10(15)8-12(13)16/h7-9H,3-6H2,1-2H3,(H,17,18). The first-order chi connectivity index (χ1) is 9.41. The lowest BCUT2D eigenvalue weighted by Gasteiger charge is -2.12. The van der Waals surface area contributed by atoms with Gasteiger partial charge in [0, 0.05) is 11.6 Å². The molecule has 1 rings (SSSR count). The van der Waals surface area contributed by atoms with E-state index >= 15 is 0 Å². The van der Waals surface area contributed by atoms with Gasteiger partial charge in [-0.2, -0.15) is 0 Å². The van der Waals surface area contributed by atoms with Gasteiger partial charge < -0.3 is 14.6 Å². The van der Waals surface area contributed by atoms with Crippen molar-refractivity contribution >= 4 is 29.2 Å². The maximum Gasteiger partial charge on any atom is 0.339 e. The average molecular weight is 321 g/mol. The van der Waals surface area contributed by atoms with E-state index in [9.17, 15) is 4.79 Å². The van der Waals surface area contributed by atoms with Crippen LogP contribution in [0.3, 0.4) is 0 Å². The molecular weight excluding hydrogens is 303 g/mol. The number of carboxylic acid groups (broad SMARTS) is 1. The zero-order valence-corrected chi connectivity index (χ0v) is 13.0. The maximum atomic E-state index is 11.1. The lowest BCUT2D eigenvalue weighted by molar-refractivity contribution is 0.0683. The van der Waals surface area contributed by atoms with Crippen molar-refractivity contribution < 1.29 is 19.4 Å².